The second-order valence-corrected chi connectivity index (χ2v) is 8.26. The fourth-order valence-corrected chi connectivity index (χ4v) is 4.01. The minimum atomic E-state index is -0.474. The molecule has 0 aliphatic carbocycles. The summed E-state index contributed by atoms with van der Waals surface area (Å²) in [5.41, 5.74) is 0.929. The molecule has 3 aromatic heterocycles. The molecule has 10 nitrogen and oxygen atoms in total. The summed E-state index contributed by atoms with van der Waals surface area (Å²) in [5, 5.41) is 24.1. The number of thioether (sulfide) groups is 1. The molecule has 1 aromatic carbocycles. The van der Waals surface area contributed by atoms with Crippen LogP contribution in [0.4, 0.5) is 5.69 Å². The summed E-state index contributed by atoms with van der Waals surface area (Å²) in [5.74, 6) is 0.854. The van der Waals surface area contributed by atoms with E-state index in [2.05, 4.69) is 20.3 Å². The van der Waals surface area contributed by atoms with Crippen LogP contribution in [0.1, 0.15) is 30.5 Å². The Hall–Kier alpha value is -3.12. The molecule has 29 heavy (non-hydrogen) atoms. The predicted octanol–water partition coefficient (Wildman–Crippen LogP) is 3.52. The van der Waals surface area contributed by atoms with E-state index in [1.807, 2.05) is 13.8 Å². The van der Waals surface area contributed by atoms with E-state index in [0.717, 1.165) is 5.01 Å². The van der Waals surface area contributed by atoms with Crippen LogP contribution in [0, 0.1) is 10.1 Å². The molecule has 0 saturated heterocycles. The lowest BCUT2D eigenvalue weighted by Crippen LogP contribution is -2.15. The molecule has 0 amide bonds. The molecule has 0 bridgehead atoms. The molecule has 3 heterocycles. The second kappa shape index (κ2) is 7.72. The van der Waals surface area contributed by atoms with E-state index in [9.17, 15) is 14.9 Å². The van der Waals surface area contributed by atoms with Crippen LogP contribution in [0.5, 0.6) is 0 Å². The maximum Gasteiger partial charge on any atom is 0.277 e. The van der Waals surface area contributed by atoms with E-state index in [1.165, 1.54) is 45.8 Å². The summed E-state index contributed by atoms with van der Waals surface area (Å²) in [6, 6.07) is 7.29. The largest absolute Gasteiger partial charge is 0.411 e. The number of nitro benzene ring substituents is 1. The monoisotopic (exact) mass is 430 g/mol. The first-order chi connectivity index (χ1) is 13.9. The van der Waals surface area contributed by atoms with E-state index in [-0.39, 0.29) is 23.1 Å². The Morgan fingerprint density at radius 2 is 2.03 bits per heavy atom. The van der Waals surface area contributed by atoms with E-state index in [0.29, 0.717) is 27.2 Å². The second-order valence-electron chi connectivity index (χ2n) is 6.34. The number of nitrogens with zero attached hydrogens (tertiary/aromatic N) is 6. The topological polar surface area (TPSA) is 129 Å². The van der Waals surface area contributed by atoms with Gasteiger partial charge in [0.15, 0.2) is 0 Å². The molecule has 148 valence electrons. The summed E-state index contributed by atoms with van der Waals surface area (Å²) in [6.45, 7) is 4.02. The fourth-order valence-electron chi connectivity index (χ4n) is 2.42. The summed E-state index contributed by atoms with van der Waals surface area (Å²) in [4.78, 5) is 27.6. The highest BCUT2D eigenvalue weighted by Crippen LogP contribution is 2.27. The minimum Gasteiger partial charge on any atom is -0.411 e. The van der Waals surface area contributed by atoms with Gasteiger partial charge >= 0.3 is 0 Å². The highest BCUT2D eigenvalue weighted by atomic mass is 32.2. The normalized spacial score (nSPS) is 11.4. The Labute approximate surface area is 171 Å². The van der Waals surface area contributed by atoms with Crippen molar-refractivity contribution in [3.8, 4) is 11.5 Å². The van der Waals surface area contributed by atoms with Crippen LogP contribution in [-0.2, 0) is 5.75 Å². The van der Waals surface area contributed by atoms with Crippen molar-refractivity contribution in [1.29, 1.82) is 0 Å². The smallest absolute Gasteiger partial charge is 0.277 e. The van der Waals surface area contributed by atoms with Gasteiger partial charge in [-0.05, 0) is 12.1 Å². The van der Waals surface area contributed by atoms with Gasteiger partial charge in [0, 0.05) is 35.4 Å². The van der Waals surface area contributed by atoms with Crippen LogP contribution in [-0.4, -0.2) is 29.7 Å². The Bertz CT molecular complexity index is 1250. The first-order valence-electron chi connectivity index (χ1n) is 8.51. The maximum absolute atomic E-state index is 12.3. The third-order valence-electron chi connectivity index (χ3n) is 3.88. The molecule has 4 rings (SSSR count). The molecule has 4 aromatic rings. The van der Waals surface area contributed by atoms with Crippen molar-refractivity contribution in [2.75, 3.05) is 0 Å². The van der Waals surface area contributed by atoms with Gasteiger partial charge in [-0.15, -0.1) is 10.2 Å². The molecular formula is C17H14N6O4S2. The van der Waals surface area contributed by atoms with Crippen molar-refractivity contribution in [1.82, 2.24) is 24.8 Å². The van der Waals surface area contributed by atoms with Crippen molar-refractivity contribution in [3.05, 3.63) is 61.5 Å². The van der Waals surface area contributed by atoms with Crippen molar-refractivity contribution < 1.29 is 9.34 Å². The zero-order chi connectivity index (χ0) is 20.5. The van der Waals surface area contributed by atoms with Crippen LogP contribution in [0.2, 0.25) is 0 Å². The Kier molecular flexibility index (Phi) is 5.11. The number of non-ortho nitro benzene ring substituents is 1. The summed E-state index contributed by atoms with van der Waals surface area (Å²) in [7, 11) is 0. The van der Waals surface area contributed by atoms with Gasteiger partial charge in [0.1, 0.15) is 5.01 Å². The van der Waals surface area contributed by atoms with E-state index in [1.54, 1.807) is 12.1 Å². The van der Waals surface area contributed by atoms with Crippen molar-refractivity contribution in [2.45, 2.75) is 30.7 Å². The van der Waals surface area contributed by atoms with Gasteiger partial charge in [0.05, 0.1) is 10.6 Å². The van der Waals surface area contributed by atoms with Gasteiger partial charge < -0.3 is 4.42 Å². The van der Waals surface area contributed by atoms with Gasteiger partial charge in [-0.2, -0.15) is 9.61 Å². The molecule has 0 saturated carbocycles. The molecule has 0 aliphatic heterocycles. The number of aromatic nitrogens is 5. The van der Waals surface area contributed by atoms with Crippen LogP contribution in [0.15, 0.2) is 44.8 Å². The van der Waals surface area contributed by atoms with Gasteiger partial charge in [-0.1, -0.05) is 36.9 Å². The quantitative estimate of drug-likeness (QED) is 0.256. The zero-order valence-corrected chi connectivity index (χ0v) is 16.9. The third kappa shape index (κ3) is 4.03. The van der Waals surface area contributed by atoms with Gasteiger partial charge in [-0.25, -0.2) is 4.98 Å². The van der Waals surface area contributed by atoms with Gasteiger partial charge in [0.2, 0.25) is 10.9 Å². The fraction of sp³-hybridized carbons (Fsp3) is 0.235. The van der Waals surface area contributed by atoms with E-state index < -0.39 is 4.92 Å². The number of benzene rings is 1. The first kappa shape index (κ1) is 19.2. The lowest BCUT2D eigenvalue weighted by molar-refractivity contribution is -0.384. The highest BCUT2D eigenvalue weighted by molar-refractivity contribution is 7.98. The number of nitro groups is 1. The average molecular weight is 430 g/mol. The number of rotatable bonds is 6. The molecule has 0 atom stereocenters. The molecule has 0 spiro atoms. The number of hydrogen-bond acceptors (Lipinski definition) is 10. The molecular weight excluding hydrogens is 416 g/mol. The Morgan fingerprint density at radius 3 is 2.72 bits per heavy atom. The molecule has 0 radical (unpaired) electrons. The lowest BCUT2D eigenvalue weighted by Gasteiger charge is -1.97. The SMILES string of the molecule is CC(C)c1nn2c(=O)cc(CSc3nnc(-c4ccc([N+](=O)[O-])cc4)o3)nc2s1. The predicted molar refractivity (Wildman–Crippen MR) is 107 cm³/mol. The van der Waals surface area contributed by atoms with Crippen molar-refractivity contribution >= 4 is 33.7 Å². The third-order valence-corrected chi connectivity index (χ3v) is 5.94. The molecule has 0 unspecified atom stereocenters. The van der Waals surface area contributed by atoms with Crippen LogP contribution < -0.4 is 5.56 Å². The minimum absolute atomic E-state index is 0.0145. The van der Waals surface area contributed by atoms with Crippen molar-refractivity contribution in [3.63, 3.8) is 0 Å². The van der Waals surface area contributed by atoms with E-state index >= 15 is 0 Å². The average Bonchev–Trinajstić information content (AvgIpc) is 3.34. The maximum atomic E-state index is 12.3. The Morgan fingerprint density at radius 1 is 1.28 bits per heavy atom. The highest BCUT2D eigenvalue weighted by Gasteiger charge is 2.14. The van der Waals surface area contributed by atoms with Gasteiger partial charge in [-0.3, -0.25) is 14.9 Å². The first-order valence-corrected chi connectivity index (χ1v) is 10.3. The standard InChI is InChI=1S/C17H14N6O4S2/c1-9(2)15-21-22-13(24)7-11(18-16(22)29-15)8-28-17-20-19-14(27-17)10-3-5-12(6-4-10)23(25)26/h3-7,9H,8H2,1-2H3. The van der Waals surface area contributed by atoms with E-state index in [4.69, 9.17) is 4.42 Å². The lowest BCUT2D eigenvalue weighted by atomic mass is 10.2. The molecule has 12 heteroatoms. The van der Waals surface area contributed by atoms with Crippen LogP contribution >= 0.6 is 23.1 Å². The summed E-state index contributed by atoms with van der Waals surface area (Å²) in [6.07, 6.45) is 0. The van der Waals surface area contributed by atoms with Gasteiger partial charge in [0.25, 0.3) is 16.5 Å². The zero-order valence-electron chi connectivity index (χ0n) is 15.3. The van der Waals surface area contributed by atoms with Crippen LogP contribution in [0.3, 0.4) is 0 Å². The molecule has 0 N–H and O–H groups in total. The number of fused-ring (bicyclic) bond motifs is 1. The molecule has 0 aliphatic rings. The number of hydrogen-bond donors (Lipinski definition) is 0. The van der Waals surface area contributed by atoms with Crippen molar-refractivity contribution in [2.24, 2.45) is 0 Å². The molecule has 0 fully saturated rings. The summed E-state index contributed by atoms with van der Waals surface area (Å²) >= 11 is 2.64. The van der Waals surface area contributed by atoms with Crippen LogP contribution in [0.25, 0.3) is 16.4 Å². The Balaban J connectivity index is 1.49. The summed E-state index contributed by atoms with van der Waals surface area (Å²) < 4.78 is 6.91.